The highest BCUT2D eigenvalue weighted by atomic mass is 16.5. The summed E-state index contributed by atoms with van der Waals surface area (Å²) in [5.74, 6) is 0.140. The molecule has 0 spiro atoms. The van der Waals surface area contributed by atoms with Crippen LogP contribution >= 0.6 is 0 Å². The molecule has 26 heavy (non-hydrogen) atoms. The Bertz CT molecular complexity index is 581. The van der Waals surface area contributed by atoms with Gasteiger partial charge in [-0.25, -0.2) is 0 Å². The average Bonchev–Trinajstić information content (AvgIpc) is 2.67. The lowest BCUT2D eigenvalue weighted by atomic mass is 10.0. The number of carbonyl (C=O) groups excluding carboxylic acids is 1. The first-order valence-electron chi connectivity index (χ1n) is 9.86. The number of ether oxygens (including phenoxy) is 1. The molecule has 0 aromatic carbocycles. The first-order valence-corrected chi connectivity index (χ1v) is 9.86. The highest BCUT2D eigenvalue weighted by Crippen LogP contribution is 2.18. The van der Waals surface area contributed by atoms with Crippen molar-refractivity contribution < 1.29 is 9.53 Å². The third-order valence-corrected chi connectivity index (χ3v) is 5.51. The normalized spacial score (nSPS) is 20.2. The minimum Gasteiger partial charge on any atom is -0.381 e. The molecule has 0 aliphatic carbocycles. The van der Waals surface area contributed by atoms with Crippen LogP contribution in [0.15, 0.2) is 18.3 Å². The van der Waals surface area contributed by atoms with Crippen LogP contribution in [0.4, 0.5) is 0 Å². The molecule has 0 bridgehead atoms. The summed E-state index contributed by atoms with van der Waals surface area (Å²) in [6.07, 6.45) is 4.63. The molecule has 0 N–H and O–H groups in total. The van der Waals surface area contributed by atoms with Crippen molar-refractivity contribution in [3.8, 4) is 0 Å². The van der Waals surface area contributed by atoms with Crippen LogP contribution in [0.5, 0.6) is 0 Å². The van der Waals surface area contributed by atoms with Gasteiger partial charge in [-0.2, -0.15) is 0 Å². The Morgan fingerprint density at radius 1 is 1.27 bits per heavy atom. The first-order chi connectivity index (χ1) is 12.6. The van der Waals surface area contributed by atoms with Gasteiger partial charge >= 0.3 is 0 Å². The van der Waals surface area contributed by atoms with Crippen molar-refractivity contribution in [1.29, 1.82) is 0 Å². The minimum absolute atomic E-state index is 0.140. The fourth-order valence-corrected chi connectivity index (χ4v) is 3.83. The summed E-state index contributed by atoms with van der Waals surface area (Å²) in [6.45, 7) is 9.86. The summed E-state index contributed by atoms with van der Waals surface area (Å²) in [5.41, 5.74) is 1.64. The zero-order valence-corrected chi connectivity index (χ0v) is 16.2. The summed E-state index contributed by atoms with van der Waals surface area (Å²) in [5, 5.41) is 0. The number of nitrogens with zero attached hydrogens (tertiary/aromatic N) is 4. The summed E-state index contributed by atoms with van der Waals surface area (Å²) in [7, 11) is 2.18. The number of hydrogen-bond donors (Lipinski definition) is 0. The number of piperazine rings is 1. The van der Waals surface area contributed by atoms with Gasteiger partial charge in [0, 0.05) is 69.4 Å². The number of pyridine rings is 1. The standard InChI is InChI=1S/C20H32N4O2/c1-17-16-18(4-7-21-17)20(25)24(19-5-14-26-15-6-19)9-3-8-23-12-10-22(2)11-13-23/h4,7,16,19H,3,5-6,8-15H2,1-2H3. The van der Waals surface area contributed by atoms with Gasteiger partial charge in [-0.05, 0) is 51.9 Å². The Labute approximate surface area is 157 Å². The van der Waals surface area contributed by atoms with Crippen molar-refractivity contribution in [1.82, 2.24) is 19.7 Å². The van der Waals surface area contributed by atoms with Crippen LogP contribution in [0.1, 0.15) is 35.3 Å². The molecule has 0 unspecified atom stereocenters. The van der Waals surface area contributed by atoms with Crippen molar-refractivity contribution in [2.75, 3.05) is 59.5 Å². The van der Waals surface area contributed by atoms with Crippen LogP contribution in [0.2, 0.25) is 0 Å². The second-order valence-electron chi connectivity index (χ2n) is 7.53. The summed E-state index contributed by atoms with van der Waals surface area (Å²) < 4.78 is 5.50. The SMILES string of the molecule is Cc1cc(C(=O)N(CCCN2CCN(C)CC2)C2CCOCC2)ccn1. The Morgan fingerprint density at radius 3 is 2.69 bits per heavy atom. The van der Waals surface area contributed by atoms with Gasteiger partial charge in [-0.15, -0.1) is 0 Å². The van der Waals surface area contributed by atoms with E-state index >= 15 is 0 Å². The Hall–Kier alpha value is -1.50. The first kappa shape index (κ1) is 19.3. The maximum atomic E-state index is 13.2. The zero-order chi connectivity index (χ0) is 18.4. The highest BCUT2D eigenvalue weighted by Gasteiger charge is 2.26. The lowest BCUT2D eigenvalue weighted by molar-refractivity contribution is 0.0276. The van der Waals surface area contributed by atoms with Crippen molar-refractivity contribution in [3.63, 3.8) is 0 Å². The molecule has 2 aliphatic heterocycles. The third kappa shape index (κ3) is 5.25. The second-order valence-corrected chi connectivity index (χ2v) is 7.53. The molecule has 2 aliphatic rings. The van der Waals surface area contributed by atoms with Gasteiger partial charge in [0.15, 0.2) is 0 Å². The average molecular weight is 361 g/mol. The van der Waals surface area contributed by atoms with E-state index in [0.717, 1.165) is 83.0 Å². The topological polar surface area (TPSA) is 48.9 Å². The fourth-order valence-electron chi connectivity index (χ4n) is 3.83. The van der Waals surface area contributed by atoms with E-state index in [1.807, 2.05) is 19.1 Å². The van der Waals surface area contributed by atoms with Crippen LogP contribution in [0, 0.1) is 6.92 Å². The maximum Gasteiger partial charge on any atom is 0.254 e. The summed E-state index contributed by atoms with van der Waals surface area (Å²) in [4.78, 5) is 24.4. The third-order valence-electron chi connectivity index (χ3n) is 5.51. The van der Waals surface area contributed by atoms with Crippen molar-refractivity contribution >= 4 is 5.91 Å². The molecular weight excluding hydrogens is 328 g/mol. The van der Waals surface area contributed by atoms with Gasteiger partial charge in [0.1, 0.15) is 0 Å². The van der Waals surface area contributed by atoms with E-state index in [1.165, 1.54) is 0 Å². The molecule has 144 valence electrons. The van der Waals surface area contributed by atoms with E-state index < -0.39 is 0 Å². The molecule has 6 nitrogen and oxygen atoms in total. The Morgan fingerprint density at radius 2 is 2.00 bits per heavy atom. The number of carbonyl (C=O) groups is 1. The van der Waals surface area contributed by atoms with Crippen LogP contribution < -0.4 is 0 Å². The number of likely N-dealkylation sites (N-methyl/N-ethyl adjacent to an activating group) is 1. The highest BCUT2D eigenvalue weighted by molar-refractivity contribution is 5.94. The van der Waals surface area contributed by atoms with E-state index in [-0.39, 0.29) is 11.9 Å². The van der Waals surface area contributed by atoms with Crippen molar-refractivity contribution in [2.45, 2.75) is 32.2 Å². The predicted octanol–water partition coefficient (Wildman–Crippen LogP) is 1.65. The molecule has 1 aromatic heterocycles. The largest absolute Gasteiger partial charge is 0.381 e. The zero-order valence-electron chi connectivity index (χ0n) is 16.2. The van der Waals surface area contributed by atoms with E-state index in [1.54, 1.807) is 6.20 Å². The van der Waals surface area contributed by atoms with Crippen LogP contribution in [0.3, 0.4) is 0 Å². The molecule has 0 atom stereocenters. The van der Waals surface area contributed by atoms with Crippen molar-refractivity contribution in [2.24, 2.45) is 0 Å². The molecule has 0 saturated carbocycles. The number of hydrogen-bond acceptors (Lipinski definition) is 5. The van der Waals surface area contributed by atoms with Gasteiger partial charge in [0.05, 0.1) is 0 Å². The Balaban J connectivity index is 1.60. The summed E-state index contributed by atoms with van der Waals surface area (Å²) >= 11 is 0. The minimum atomic E-state index is 0.140. The van der Waals surface area contributed by atoms with Gasteiger partial charge in [0.25, 0.3) is 5.91 Å². The van der Waals surface area contributed by atoms with Crippen LogP contribution in [-0.2, 0) is 4.74 Å². The monoisotopic (exact) mass is 360 g/mol. The number of aromatic nitrogens is 1. The van der Waals surface area contributed by atoms with Crippen molar-refractivity contribution in [3.05, 3.63) is 29.6 Å². The molecular formula is C20H32N4O2. The lowest BCUT2D eigenvalue weighted by Gasteiger charge is -2.36. The number of aryl methyl sites for hydroxylation is 1. The van der Waals surface area contributed by atoms with Gasteiger partial charge in [0.2, 0.25) is 0 Å². The van der Waals surface area contributed by atoms with Gasteiger partial charge < -0.3 is 19.4 Å². The molecule has 6 heteroatoms. The molecule has 2 saturated heterocycles. The van der Waals surface area contributed by atoms with Crippen LogP contribution in [-0.4, -0.2) is 91.2 Å². The smallest absolute Gasteiger partial charge is 0.254 e. The number of rotatable bonds is 6. The van der Waals surface area contributed by atoms with Gasteiger partial charge in [-0.1, -0.05) is 0 Å². The summed E-state index contributed by atoms with van der Waals surface area (Å²) in [6, 6.07) is 4.02. The molecule has 3 rings (SSSR count). The van der Waals surface area contributed by atoms with Gasteiger partial charge in [-0.3, -0.25) is 9.78 Å². The second kappa shape index (κ2) is 9.44. The molecule has 2 fully saturated rings. The maximum absolute atomic E-state index is 13.2. The lowest BCUT2D eigenvalue weighted by Crippen LogP contribution is -2.47. The van der Waals surface area contributed by atoms with E-state index in [9.17, 15) is 4.79 Å². The van der Waals surface area contributed by atoms with E-state index in [4.69, 9.17) is 4.74 Å². The molecule has 3 heterocycles. The van der Waals surface area contributed by atoms with Crippen LogP contribution in [0.25, 0.3) is 0 Å². The fraction of sp³-hybridized carbons (Fsp3) is 0.700. The predicted molar refractivity (Wildman–Crippen MR) is 102 cm³/mol. The quantitative estimate of drug-likeness (QED) is 0.772. The Kier molecular flexibility index (Phi) is 7.00. The molecule has 1 amide bonds. The molecule has 0 radical (unpaired) electrons. The molecule has 1 aromatic rings. The van der Waals surface area contributed by atoms with E-state index in [0.29, 0.717) is 0 Å². The number of amides is 1. The van der Waals surface area contributed by atoms with E-state index in [2.05, 4.69) is 26.7 Å².